The molecule has 0 bridgehead atoms. The number of phenolic OH excluding ortho intramolecular Hbond substituents is 2. The lowest BCUT2D eigenvalue weighted by Crippen LogP contribution is -2.51. The fraction of sp³-hybridized carbons (Fsp3) is 0.333. The number of aryl methyl sites for hydroxylation is 1. The van der Waals surface area contributed by atoms with E-state index < -0.39 is 15.7 Å². The van der Waals surface area contributed by atoms with Crippen LogP contribution < -0.4 is 29.8 Å². The number of piperazine rings is 1. The van der Waals surface area contributed by atoms with Crippen molar-refractivity contribution >= 4 is 56.4 Å². The number of nitrogens with zero attached hydrogens (tertiary/aromatic N) is 9. The van der Waals surface area contributed by atoms with E-state index in [-0.39, 0.29) is 63.8 Å². The Morgan fingerprint density at radius 2 is 1.59 bits per heavy atom. The van der Waals surface area contributed by atoms with Crippen molar-refractivity contribution in [2.75, 3.05) is 78.6 Å². The number of benzene rings is 4. The van der Waals surface area contributed by atoms with Crippen LogP contribution in [0.3, 0.4) is 0 Å². The fourth-order valence-electron chi connectivity index (χ4n) is 9.17. The molecule has 2 saturated heterocycles. The molecule has 2 amide bonds. The Morgan fingerprint density at radius 1 is 0.868 bits per heavy atom. The van der Waals surface area contributed by atoms with Gasteiger partial charge >= 0.3 is 5.69 Å². The number of aromatic hydroxyl groups is 2. The molecule has 0 spiro atoms. The summed E-state index contributed by atoms with van der Waals surface area (Å²) in [7, 11) is -2.38. The summed E-state index contributed by atoms with van der Waals surface area (Å²) in [6.07, 6.45) is 4.45. The van der Waals surface area contributed by atoms with Gasteiger partial charge in [-0.05, 0) is 79.8 Å². The van der Waals surface area contributed by atoms with Crippen LogP contribution in [-0.2, 0) is 27.8 Å². The number of aromatic nitrogens is 5. The van der Waals surface area contributed by atoms with Gasteiger partial charge < -0.3 is 35.0 Å². The van der Waals surface area contributed by atoms with Crippen LogP contribution in [0.25, 0.3) is 17.1 Å². The molecule has 68 heavy (non-hydrogen) atoms. The maximum atomic E-state index is 13.8. The third-order valence-electron chi connectivity index (χ3n) is 12.8. The molecule has 6 aromatic rings. The number of fused-ring (bicyclic) bond motifs is 2. The number of aromatic amines is 1. The first-order chi connectivity index (χ1) is 32.7. The molecule has 19 nitrogen and oxygen atoms in total. The van der Waals surface area contributed by atoms with Crippen LogP contribution >= 0.6 is 0 Å². The molecule has 9 rings (SSSR count). The lowest BCUT2D eigenvalue weighted by atomic mass is 9.94. The highest BCUT2D eigenvalue weighted by atomic mass is 32.2. The van der Waals surface area contributed by atoms with E-state index in [1.165, 1.54) is 21.7 Å². The molecule has 0 aliphatic carbocycles. The van der Waals surface area contributed by atoms with Crippen molar-refractivity contribution in [1.82, 2.24) is 34.5 Å². The Kier molecular flexibility index (Phi) is 12.5. The third-order valence-corrected chi connectivity index (χ3v) is 13.8. The van der Waals surface area contributed by atoms with Crippen LogP contribution in [0, 0.1) is 5.92 Å². The van der Waals surface area contributed by atoms with Gasteiger partial charge in [-0.15, -0.1) is 0 Å². The minimum Gasteiger partial charge on any atom is -0.508 e. The third kappa shape index (κ3) is 8.91. The molecule has 20 heteroatoms. The van der Waals surface area contributed by atoms with Crippen LogP contribution in [0.5, 0.6) is 17.2 Å². The average molecular weight is 944 g/mol. The average Bonchev–Trinajstić information content (AvgIpc) is 3.68. The van der Waals surface area contributed by atoms with E-state index in [2.05, 4.69) is 35.3 Å². The van der Waals surface area contributed by atoms with Crippen molar-refractivity contribution in [3.8, 4) is 34.3 Å². The second kappa shape index (κ2) is 18.7. The first-order valence-corrected chi connectivity index (χ1v) is 24.4. The van der Waals surface area contributed by atoms with Crippen LogP contribution in [0.15, 0.2) is 89.9 Å². The Balaban J connectivity index is 0.803. The van der Waals surface area contributed by atoms with E-state index in [1.54, 1.807) is 37.4 Å². The Bertz CT molecular complexity index is 3050. The summed E-state index contributed by atoms with van der Waals surface area (Å²) in [5.41, 5.74) is 4.30. The molecule has 4 aromatic carbocycles. The number of ether oxygens (including phenoxy) is 1. The van der Waals surface area contributed by atoms with Gasteiger partial charge in [0.1, 0.15) is 22.9 Å². The number of para-hydroxylation sites is 1. The number of nitrogens with one attached hydrogen (secondary N) is 2. The number of piperidine rings is 1. The molecule has 3 aliphatic rings. The molecule has 2 fully saturated rings. The topological polar surface area (TPSA) is 223 Å². The van der Waals surface area contributed by atoms with E-state index in [0.717, 1.165) is 34.9 Å². The number of rotatable bonds is 12. The zero-order chi connectivity index (χ0) is 47.9. The van der Waals surface area contributed by atoms with Crippen LogP contribution in [0.1, 0.15) is 48.2 Å². The maximum Gasteiger partial charge on any atom is 0.348 e. The van der Waals surface area contributed by atoms with Crippen LogP contribution in [-0.4, -0.2) is 124 Å². The van der Waals surface area contributed by atoms with Crippen LogP contribution in [0.2, 0.25) is 0 Å². The van der Waals surface area contributed by atoms with Gasteiger partial charge in [-0.2, -0.15) is 10.1 Å². The van der Waals surface area contributed by atoms with Gasteiger partial charge in [-0.3, -0.25) is 14.5 Å². The Morgan fingerprint density at radius 3 is 2.29 bits per heavy atom. The number of hydrogen-bond acceptors (Lipinski definition) is 14. The highest BCUT2D eigenvalue weighted by Gasteiger charge is 2.36. The molecule has 354 valence electrons. The molecule has 0 atom stereocenters. The Labute approximate surface area is 393 Å². The van der Waals surface area contributed by atoms with Crippen molar-refractivity contribution in [3.63, 3.8) is 0 Å². The van der Waals surface area contributed by atoms with Gasteiger partial charge in [-0.25, -0.2) is 32.2 Å². The summed E-state index contributed by atoms with van der Waals surface area (Å²) in [6, 6.07) is 22.8. The summed E-state index contributed by atoms with van der Waals surface area (Å²) >= 11 is 0. The van der Waals surface area contributed by atoms with Crippen molar-refractivity contribution in [3.05, 3.63) is 112 Å². The summed E-state index contributed by atoms with van der Waals surface area (Å²) < 4.78 is 35.0. The van der Waals surface area contributed by atoms with Crippen molar-refractivity contribution < 1.29 is 33.0 Å². The fourth-order valence-corrected chi connectivity index (χ4v) is 10.1. The van der Waals surface area contributed by atoms with Gasteiger partial charge in [-0.1, -0.05) is 31.2 Å². The zero-order valence-corrected chi connectivity index (χ0v) is 39.0. The van der Waals surface area contributed by atoms with Gasteiger partial charge in [0.05, 0.1) is 47.2 Å². The number of carbonyl (C=O) groups is 2. The van der Waals surface area contributed by atoms with Gasteiger partial charge in [0.25, 0.3) is 5.91 Å². The molecule has 0 unspecified atom stereocenters. The number of carbonyl (C=O) groups excluding carboxylic acids is 2. The Hall–Kier alpha value is -7.45. The molecule has 5 heterocycles. The number of H-pyrrole nitrogens is 1. The van der Waals surface area contributed by atoms with E-state index >= 15 is 0 Å². The van der Waals surface area contributed by atoms with E-state index in [1.807, 2.05) is 61.2 Å². The first kappa shape index (κ1) is 45.7. The molecule has 0 radical (unpaired) electrons. The lowest BCUT2D eigenvalue weighted by molar-refractivity contribution is -0.138. The van der Waals surface area contributed by atoms with Crippen molar-refractivity contribution in [2.45, 2.75) is 39.7 Å². The second-order valence-electron chi connectivity index (χ2n) is 17.1. The molecule has 0 saturated carbocycles. The number of amides is 2. The molecule has 4 N–H and O–H groups in total. The van der Waals surface area contributed by atoms with Crippen molar-refractivity contribution in [1.29, 1.82) is 0 Å². The SMILES string of the molecule is CCOc1cc(N2CCC(C(=O)N3CCN(Cc4ccc(-n5c(-c6cc(CC)c(O)cc6O)n[nH]c5=O)cc4)CC3)CC2)ccc1Nc1ncc2c(n1)N(S(C)(=O)=O)c1ccccc1C(=O)N2C. The molecular weight excluding hydrogens is 891 g/mol. The highest BCUT2D eigenvalue weighted by molar-refractivity contribution is 7.92. The second-order valence-corrected chi connectivity index (χ2v) is 18.9. The molecule has 2 aromatic heterocycles. The number of hydrogen-bond donors (Lipinski definition) is 4. The minimum absolute atomic E-state index is 0.0195. The summed E-state index contributed by atoms with van der Waals surface area (Å²) in [5.74, 6) is 0.451. The zero-order valence-electron chi connectivity index (χ0n) is 38.2. The predicted octanol–water partition coefficient (Wildman–Crippen LogP) is 5.38. The van der Waals surface area contributed by atoms with E-state index in [9.17, 15) is 33.0 Å². The maximum absolute atomic E-state index is 13.8. The minimum atomic E-state index is -3.93. The summed E-state index contributed by atoms with van der Waals surface area (Å²) in [4.78, 5) is 57.0. The molecule has 3 aliphatic heterocycles. The monoisotopic (exact) mass is 943 g/mol. The standard InChI is InChI=1S/C48H53N11O8S/c1-5-31-25-36(41(61)27-40(31)60)43-52-53-48(64)58(43)33-13-11-30(12-14-33)29-55-21-23-57(24-22-55)45(62)32-17-19-56(20-18-32)34-15-16-37(42(26-34)67-6-2)50-47-49-28-39-44(51-47)59(68(4,65)66)38-10-8-7-9-35(38)46(63)54(39)3/h7-16,25-28,32,60-61H,5-6,17-24,29H2,1-4H3,(H,53,64)(H,49,50,51). The number of phenols is 2. The smallest absolute Gasteiger partial charge is 0.348 e. The van der Waals surface area contributed by atoms with E-state index in [0.29, 0.717) is 86.8 Å². The predicted molar refractivity (Wildman–Crippen MR) is 258 cm³/mol. The van der Waals surface area contributed by atoms with Gasteiger partial charge in [0, 0.05) is 76.6 Å². The van der Waals surface area contributed by atoms with E-state index in [4.69, 9.17) is 4.74 Å². The quantitative estimate of drug-likeness (QED) is 0.121. The van der Waals surface area contributed by atoms with Crippen LogP contribution in [0.4, 0.5) is 34.5 Å². The first-order valence-electron chi connectivity index (χ1n) is 22.6. The summed E-state index contributed by atoms with van der Waals surface area (Å²) in [6.45, 7) is 8.95. The normalized spacial score (nSPS) is 15.8. The van der Waals surface area contributed by atoms with Gasteiger partial charge in [0.15, 0.2) is 11.6 Å². The molecular formula is C48H53N11O8S. The number of sulfonamides is 1. The largest absolute Gasteiger partial charge is 0.508 e. The summed E-state index contributed by atoms with van der Waals surface area (Å²) in [5, 5.41) is 30.6. The van der Waals surface area contributed by atoms with Crippen molar-refractivity contribution in [2.24, 2.45) is 5.92 Å². The van der Waals surface area contributed by atoms with Gasteiger partial charge in [0.2, 0.25) is 21.9 Å². The lowest BCUT2D eigenvalue weighted by Gasteiger charge is -2.39. The number of anilines is 6. The highest BCUT2D eigenvalue weighted by Crippen LogP contribution is 2.42.